The van der Waals surface area contributed by atoms with Gasteiger partial charge in [0.15, 0.2) is 0 Å². The van der Waals surface area contributed by atoms with E-state index in [0.29, 0.717) is 23.0 Å². The third-order valence-corrected chi connectivity index (χ3v) is 3.21. The number of carbonyl (C=O) groups is 1. The molecule has 0 fully saturated rings. The van der Waals surface area contributed by atoms with Gasteiger partial charge in [0.05, 0.1) is 12.8 Å². The lowest BCUT2D eigenvalue weighted by atomic mass is 10.1. The molecule has 20 heavy (non-hydrogen) atoms. The standard InChI is InChI=1S/C15H16ClNO3/c1-4-5-12-13(15(18)19-3)20-14(17-12)11-7-6-10(16)8-9(11)2/h6-8H,4-5H2,1-3H3. The number of hydrogen-bond acceptors (Lipinski definition) is 4. The number of nitrogens with zero attached hydrogens (tertiary/aromatic N) is 1. The number of rotatable bonds is 4. The van der Waals surface area contributed by atoms with Gasteiger partial charge in [-0.15, -0.1) is 0 Å². The highest BCUT2D eigenvalue weighted by molar-refractivity contribution is 6.30. The Bertz CT molecular complexity index is 634. The lowest BCUT2D eigenvalue weighted by Crippen LogP contribution is -2.03. The lowest BCUT2D eigenvalue weighted by molar-refractivity contribution is 0.0564. The van der Waals surface area contributed by atoms with Gasteiger partial charge in [-0.25, -0.2) is 9.78 Å². The maximum atomic E-state index is 11.7. The van der Waals surface area contributed by atoms with Gasteiger partial charge in [0.25, 0.3) is 0 Å². The average molecular weight is 294 g/mol. The maximum Gasteiger partial charge on any atom is 0.376 e. The molecule has 0 saturated carbocycles. The molecular weight excluding hydrogens is 278 g/mol. The Hall–Kier alpha value is -1.81. The number of benzene rings is 1. The van der Waals surface area contributed by atoms with Crippen molar-refractivity contribution in [3.8, 4) is 11.5 Å². The first-order chi connectivity index (χ1) is 9.56. The van der Waals surface area contributed by atoms with Gasteiger partial charge in [0.2, 0.25) is 11.7 Å². The predicted octanol–water partition coefficient (Wildman–Crippen LogP) is 4.04. The highest BCUT2D eigenvalue weighted by Gasteiger charge is 2.21. The Balaban J connectivity index is 2.49. The molecule has 0 bridgehead atoms. The molecule has 0 spiro atoms. The number of aryl methyl sites for hydroxylation is 2. The van der Waals surface area contributed by atoms with E-state index < -0.39 is 5.97 Å². The minimum atomic E-state index is -0.501. The lowest BCUT2D eigenvalue weighted by Gasteiger charge is -2.01. The molecule has 0 aliphatic rings. The summed E-state index contributed by atoms with van der Waals surface area (Å²) >= 11 is 5.94. The van der Waals surface area contributed by atoms with Gasteiger partial charge in [-0.1, -0.05) is 24.9 Å². The first-order valence-electron chi connectivity index (χ1n) is 6.41. The summed E-state index contributed by atoms with van der Waals surface area (Å²) in [6, 6.07) is 5.43. The van der Waals surface area contributed by atoms with Crippen LogP contribution >= 0.6 is 11.6 Å². The smallest absolute Gasteiger partial charge is 0.376 e. The molecule has 1 aromatic carbocycles. The second-order valence-electron chi connectivity index (χ2n) is 4.50. The first kappa shape index (κ1) is 14.6. The highest BCUT2D eigenvalue weighted by Crippen LogP contribution is 2.28. The van der Waals surface area contributed by atoms with Gasteiger partial charge in [0.1, 0.15) is 0 Å². The summed E-state index contributed by atoms with van der Waals surface area (Å²) in [6.45, 7) is 3.94. The minimum Gasteiger partial charge on any atom is -0.463 e. The maximum absolute atomic E-state index is 11.7. The summed E-state index contributed by atoms with van der Waals surface area (Å²) in [5, 5.41) is 0.653. The monoisotopic (exact) mass is 293 g/mol. The third-order valence-electron chi connectivity index (χ3n) is 2.97. The molecule has 0 N–H and O–H groups in total. The fourth-order valence-electron chi connectivity index (χ4n) is 1.99. The van der Waals surface area contributed by atoms with Crippen LogP contribution in [0.5, 0.6) is 0 Å². The van der Waals surface area contributed by atoms with E-state index in [0.717, 1.165) is 17.5 Å². The number of carbonyl (C=O) groups excluding carboxylic acids is 1. The summed E-state index contributed by atoms with van der Waals surface area (Å²) in [5.41, 5.74) is 2.39. The number of oxazole rings is 1. The Morgan fingerprint density at radius 1 is 1.45 bits per heavy atom. The van der Waals surface area contributed by atoms with E-state index in [1.165, 1.54) is 7.11 Å². The van der Waals surface area contributed by atoms with E-state index >= 15 is 0 Å². The number of esters is 1. The van der Waals surface area contributed by atoms with Crippen molar-refractivity contribution in [1.82, 2.24) is 4.98 Å². The molecule has 4 nitrogen and oxygen atoms in total. The molecule has 2 aromatic rings. The summed E-state index contributed by atoms with van der Waals surface area (Å²) in [7, 11) is 1.33. The van der Waals surface area contributed by atoms with Crippen molar-refractivity contribution in [2.45, 2.75) is 26.7 Å². The van der Waals surface area contributed by atoms with Crippen molar-refractivity contribution in [1.29, 1.82) is 0 Å². The quantitative estimate of drug-likeness (QED) is 0.798. The van der Waals surface area contributed by atoms with E-state index in [1.54, 1.807) is 6.07 Å². The Morgan fingerprint density at radius 2 is 2.20 bits per heavy atom. The third kappa shape index (κ3) is 2.85. The van der Waals surface area contributed by atoms with Gasteiger partial charge in [0, 0.05) is 10.6 Å². The molecular formula is C15H16ClNO3. The molecule has 0 amide bonds. The van der Waals surface area contributed by atoms with Crippen LogP contribution in [0, 0.1) is 6.92 Å². The second-order valence-corrected chi connectivity index (χ2v) is 4.93. The van der Waals surface area contributed by atoms with Crippen molar-refractivity contribution in [3.05, 3.63) is 40.2 Å². The van der Waals surface area contributed by atoms with Crippen molar-refractivity contribution >= 4 is 17.6 Å². The zero-order chi connectivity index (χ0) is 14.7. The van der Waals surface area contributed by atoms with Gasteiger partial charge < -0.3 is 9.15 Å². The summed E-state index contributed by atoms with van der Waals surface area (Å²) in [6.07, 6.45) is 1.54. The number of hydrogen-bond donors (Lipinski definition) is 0. The molecule has 0 atom stereocenters. The molecule has 106 valence electrons. The molecule has 0 saturated heterocycles. The van der Waals surface area contributed by atoms with Crippen LogP contribution in [0.15, 0.2) is 22.6 Å². The van der Waals surface area contributed by atoms with E-state index in [2.05, 4.69) is 4.98 Å². The molecule has 0 unspecified atom stereocenters. The zero-order valence-electron chi connectivity index (χ0n) is 11.7. The molecule has 0 aliphatic carbocycles. The van der Waals surface area contributed by atoms with Crippen LogP contribution in [0.1, 0.15) is 35.2 Å². The average Bonchev–Trinajstić information content (AvgIpc) is 2.82. The van der Waals surface area contributed by atoms with Crippen LogP contribution in [-0.2, 0) is 11.2 Å². The normalized spacial score (nSPS) is 10.6. The van der Waals surface area contributed by atoms with Crippen LogP contribution in [-0.4, -0.2) is 18.1 Å². The fraction of sp³-hybridized carbons (Fsp3) is 0.333. The Kier molecular flexibility index (Phi) is 4.45. The fourth-order valence-corrected chi connectivity index (χ4v) is 2.22. The molecule has 0 radical (unpaired) electrons. The molecule has 2 rings (SSSR count). The van der Waals surface area contributed by atoms with Crippen LogP contribution < -0.4 is 0 Å². The van der Waals surface area contributed by atoms with E-state index in [1.807, 2.05) is 26.0 Å². The van der Waals surface area contributed by atoms with Gasteiger partial charge in [-0.2, -0.15) is 0 Å². The Labute approximate surface area is 122 Å². The van der Waals surface area contributed by atoms with E-state index in [-0.39, 0.29) is 5.76 Å². The topological polar surface area (TPSA) is 52.3 Å². The number of methoxy groups -OCH3 is 1. The van der Waals surface area contributed by atoms with Crippen molar-refractivity contribution < 1.29 is 13.9 Å². The van der Waals surface area contributed by atoms with E-state index in [4.69, 9.17) is 20.8 Å². The molecule has 1 heterocycles. The van der Waals surface area contributed by atoms with Crippen LogP contribution in [0.3, 0.4) is 0 Å². The van der Waals surface area contributed by atoms with Crippen LogP contribution in [0.25, 0.3) is 11.5 Å². The summed E-state index contributed by atoms with van der Waals surface area (Å²) in [5.74, 6) is 0.0977. The van der Waals surface area contributed by atoms with Gasteiger partial charge in [-0.3, -0.25) is 0 Å². The second kappa shape index (κ2) is 6.09. The summed E-state index contributed by atoms with van der Waals surface area (Å²) in [4.78, 5) is 16.1. The number of ether oxygens (including phenoxy) is 1. The van der Waals surface area contributed by atoms with Gasteiger partial charge >= 0.3 is 5.97 Å². The van der Waals surface area contributed by atoms with E-state index in [9.17, 15) is 4.79 Å². The molecule has 0 aliphatic heterocycles. The summed E-state index contributed by atoms with van der Waals surface area (Å²) < 4.78 is 10.3. The SMILES string of the molecule is CCCc1nc(-c2ccc(Cl)cc2C)oc1C(=O)OC. The Morgan fingerprint density at radius 3 is 2.80 bits per heavy atom. The molecule has 5 heteroatoms. The van der Waals surface area contributed by atoms with Crippen molar-refractivity contribution in [2.24, 2.45) is 0 Å². The largest absolute Gasteiger partial charge is 0.463 e. The van der Waals surface area contributed by atoms with Crippen LogP contribution in [0.4, 0.5) is 0 Å². The van der Waals surface area contributed by atoms with Crippen molar-refractivity contribution in [2.75, 3.05) is 7.11 Å². The number of halogens is 1. The highest BCUT2D eigenvalue weighted by atomic mass is 35.5. The van der Waals surface area contributed by atoms with Gasteiger partial charge in [-0.05, 0) is 37.1 Å². The van der Waals surface area contributed by atoms with Crippen molar-refractivity contribution in [3.63, 3.8) is 0 Å². The minimum absolute atomic E-state index is 0.179. The predicted molar refractivity (Wildman–Crippen MR) is 77.0 cm³/mol. The molecule has 1 aromatic heterocycles. The zero-order valence-corrected chi connectivity index (χ0v) is 12.5. The number of aromatic nitrogens is 1. The first-order valence-corrected chi connectivity index (χ1v) is 6.79. The van der Waals surface area contributed by atoms with Crippen LogP contribution in [0.2, 0.25) is 5.02 Å².